The molecule has 5 heteroatoms. The normalized spacial score (nSPS) is 13.4. The average Bonchev–Trinajstić information content (AvgIpc) is 2.60. The molecule has 0 radical (unpaired) electrons. The summed E-state index contributed by atoms with van der Waals surface area (Å²) in [7, 11) is 0. The quantitative estimate of drug-likeness (QED) is 0.859. The molecular weight excluding hydrogens is 226 g/mol. The fourth-order valence-corrected chi connectivity index (χ4v) is 2.38. The Hall–Kier alpha value is -1.49. The topological polar surface area (TPSA) is 55.4 Å². The van der Waals surface area contributed by atoms with Gasteiger partial charge in [-0.25, -0.2) is 4.79 Å². The predicted molar refractivity (Wildman–Crippen MR) is 62.7 cm³/mol. The minimum absolute atomic E-state index is 0.0951. The Kier molecular flexibility index (Phi) is 3.14. The van der Waals surface area contributed by atoms with Crippen LogP contribution in [0, 0.1) is 0 Å². The van der Waals surface area contributed by atoms with Crippen molar-refractivity contribution < 1.29 is 14.3 Å². The maximum absolute atomic E-state index is 11.4. The average molecular weight is 237 g/mol. The molecule has 1 aliphatic heterocycles. The Bertz CT molecular complexity index is 445. The van der Waals surface area contributed by atoms with Crippen molar-refractivity contribution in [2.45, 2.75) is 12.7 Å². The Morgan fingerprint density at radius 3 is 3.12 bits per heavy atom. The SMILES string of the molecule is CCOC(=O)Nc1ccc2c(c1)CSC2=O. The van der Waals surface area contributed by atoms with E-state index in [4.69, 9.17) is 4.74 Å². The zero-order valence-electron chi connectivity index (χ0n) is 8.78. The van der Waals surface area contributed by atoms with Crippen molar-refractivity contribution in [2.75, 3.05) is 11.9 Å². The van der Waals surface area contributed by atoms with E-state index in [2.05, 4.69) is 5.32 Å². The second-order valence-electron chi connectivity index (χ2n) is 3.29. The van der Waals surface area contributed by atoms with Gasteiger partial charge in [0.1, 0.15) is 0 Å². The Labute approximate surface area is 97.4 Å². The summed E-state index contributed by atoms with van der Waals surface area (Å²) in [5, 5.41) is 2.70. The highest BCUT2D eigenvalue weighted by Crippen LogP contribution is 2.31. The van der Waals surface area contributed by atoms with Crippen LogP contribution in [0.3, 0.4) is 0 Å². The molecule has 0 aromatic heterocycles. The number of nitrogens with one attached hydrogen (secondary N) is 1. The minimum atomic E-state index is -0.473. The summed E-state index contributed by atoms with van der Waals surface area (Å²) >= 11 is 1.28. The highest BCUT2D eigenvalue weighted by atomic mass is 32.2. The van der Waals surface area contributed by atoms with Crippen LogP contribution >= 0.6 is 11.8 Å². The van der Waals surface area contributed by atoms with Crippen molar-refractivity contribution >= 4 is 28.7 Å². The van der Waals surface area contributed by atoms with Gasteiger partial charge in [0, 0.05) is 17.0 Å². The van der Waals surface area contributed by atoms with Gasteiger partial charge in [-0.2, -0.15) is 0 Å². The van der Waals surface area contributed by atoms with Crippen molar-refractivity contribution in [3.8, 4) is 0 Å². The van der Waals surface area contributed by atoms with Gasteiger partial charge in [-0.1, -0.05) is 11.8 Å². The first-order valence-corrected chi connectivity index (χ1v) is 5.93. The number of carbonyl (C=O) groups is 2. The predicted octanol–water partition coefficient (Wildman–Crippen LogP) is 2.64. The highest BCUT2D eigenvalue weighted by Gasteiger charge is 2.20. The second kappa shape index (κ2) is 4.57. The molecule has 0 fully saturated rings. The van der Waals surface area contributed by atoms with Crippen LogP contribution in [0.5, 0.6) is 0 Å². The van der Waals surface area contributed by atoms with Crippen LogP contribution in [-0.2, 0) is 10.5 Å². The number of anilines is 1. The third kappa shape index (κ3) is 2.19. The Morgan fingerprint density at radius 2 is 2.38 bits per heavy atom. The molecule has 1 aromatic carbocycles. The molecule has 84 valence electrons. The van der Waals surface area contributed by atoms with Crippen LogP contribution < -0.4 is 5.32 Å². The zero-order valence-corrected chi connectivity index (χ0v) is 9.60. The standard InChI is InChI=1S/C11H11NO3S/c1-2-15-11(14)12-8-3-4-9-7(5-8)6-16-10(9)13/h3-5H,2,6H2,1H3,(H,12,14). The molecule has 0 spiro atoms. The van der Waals surface area contributed by atoms with E-state index in [0.29, 0.717) is 18.0 Å². The maximum atomic E-state index is 11.4. The molecule has 1 amide bonds. The van der Waals surface area contributed by atoms with E-state index in [0.717, 1.165) is 11.1 Å². The number of ether oxygens (including phenoxy) is 1. The van der Waals surface area contributed by atoms with Gasteiger partial charge < -0.3 is 4.74 Å². The summed E-state index contributed by atoms with van der Waals surface area (Å²) in [6.07, 6.45) is -0.473. The summed E-state index contributed by atoms with van der Waals surface area (Å²) < 4.78 is 4.76. The van der Waals surface area contributed by atoms with Gasteiger partial charge in [-0.3, -0.25) is 10.1 Å². The van der Waals surface area contributed by atoms with Gasteiger partial charge in [-0.15, -0.1) is 0 Å². The van der Waals surface area contributed by atoms with Gasteiger partial charge in [0.25, 0.3) is 0 Å². The molecule has 1 aromatic rings. The van der Waals surface area contributed by atoms with E-state index in [1.54, 1.807) is 19.1 Å². The number of rotatable bonds is 2. The van der Waals surface area contributed by atoms with Crippen molar-refractivity contribution in [3.63, 3.8) is 0 Å². The molecule has 1 N–H and O–H groups in total. The zero-order chi connectivity index (χ0) is 11.5. The summed E-state index contributed by atoms with van der Waals surface area (Å²) in [5.74, 6) is 0.673. The monoisotopic (exact) mass is 237 g/mol. The van der Waals surface area contributed by atoms with Crippen molar-refractivity contribution in [1.82, 2.24) is 0 Å². The van der Waals surface area contributed by atoms with E-state index in [9.17, 15) is 9.59 Å². The fourth-order valence-electron chi connectivity index (χ4n) is 1.50. The summed E-state index contributed by atoms with van der Waals surface area (Å²) in [5.41, 5.74) is 2.36. The minimum Gasteiger partial charge on any atom is -0.450 e. The second-order valence-corrected chi connectivity index (χ2v) is 4.24. The molecule has 1 aliphatic rings. The molecule has 1 heterocycles. The third-order valence-electron chi connectivity index (χ3n) is 2.21. The Balaban J connectivity index is 2.13. The molecule has 0 bridgehead atoms. The number of thioether (sulfide) groups is 1. The molecular formula is C11H11NO3S. The molecule has 4 nitrogen and oxygen atoms in total. The van der Waals surface area contributed by atoms with Crippen LogP contribution in [0.2, 0.25) is 0 Å². The van der Waals surface area contributed by atoms with Gasteiger partial charge in [0.05, 0.1) is 6.61 Å². The molecule has 0 unspecified atom stereocenters. The lowest BCUT2D eigenvalue weighted by Crippen LogP contribution is -2.13. The van der Waals surface area contributed by atoms with E-state index in [1.165, 1.54) is 11.8 Å². The van der Waals surface area contributed by atoms with Crippen molar-refractivity contribution in [2.24, 2.45) is 0 Å². The van der Waals surface area contributed by atoms with E-state index < -0.39 is 6.09 Å². The first-order valence-electron chi connectivity index (χ1n) is 4.94. The highest BCUT2D eigenvalue weighted by molar-refractivity contribution is 8.13. The number of carbonyl (C=O) groups excluding carboxylic acids is 2. The lowest BCUT2D eigenvalue weighted by molar-refractivity contribution is 0.109. The molecule has 16 heavy (non-hydrogen) atoms. The van der Waals surface area contributed by atoms with Gasteiger partial charge in [0.15, 0.2) is 0 Å². The van der Waals surface area contributed by atoms with Crippen LogP contribution in [0.1, 0.15) is 22.8 Å². The largest absolute Gasteiger partial charge is 0.450 e. The van der Waals surface area contributed by atoms with Gasteiger partial charge in [0.2, 0.25) is 5.12 Å². The van der Waals surface area contributed by atoms with Crippen molar-refractivity contribution in [1.29, 1.82) is 0 Å². The van der Waals surface area contributed by atoms with Crippen LogP contribution in [0.25, 0.3) is 0 Å². The lowest BCUT2D eigenvalue weighted by Gasteiger charge is -2.06. The van der Waals surface area contributed by atoms with Crippen LogP contribution in [-0.4, -0.2) is 17.8 Å². The number of hydrogen-bond donors (Lipinski definition) is 1. The van der Waals surface area contributed by atoms with E-state index in [-0.39, 0.29) is 5.12 Å². The number of amides is 1. The van der Waals surface area contributed by atoms with Gasteiger partial charge in [-0.05, 0) is 30.7 Å². The molecule has 0 saturated carbocycles. The fraction of sp³-hybridized carbons (Fsp3) is 0.273. The smallest absolute Gasteiger partial charge is 0.411 e. The molecule has 2 rings (SSSR count). The van der Waals surface area contributed by atoms with E-state index in [1.807, 2.05) is 6.07 Å². The number of benzene rings is 1. The molecule has 0 saturated heterocycles. The number of hydrogen-bond acceptors (Lipinski definition) is 4. The van der Waals surface area contributed by atoms with Gasteiger partial charge >= 0.3 is 6.09 Å². The summed E-state index contributed by atoms with van der Waals surface area (Å²) in [6.45, 7) is 2.09. The van der Waals surface area contributed by atoms with Crippen LogP contribution in [0.15, 0.2) is 18.2 Å². The first kappa shape index (κ1) is 11.0. The summed E-state index contributed by atoms with van der Waals surface area (Å²) in [6, 6.07) is 5.25. The van der Waals surface area contributed by atoms with Crippen LogP contribution in [0.4, 0.5) is 10.5 Å². The molecule has 0 aliphatic carbocycles. The lowest BCUT2D eigenvalue weighted by atomic mass is 10.1. The van der Waals surface area contributed by atoms with E-state index >= 15 is 0 Å². The number of fused-ring (bicyclic) bond motifs is 1. The maximum Gasteiger partial charge on any atom is 0.411 e. The third-order valence-corrected chi connectivity index (χ3v) is 3.14. The Morgan fingerprint density at radius 1 is 1.56 bits per heavy atom. The summed E-state index contributed by atoms with van der Waals surface area (Å²) in [4.78, 5) is 22.5. The van der Waals surface area contributed by atoms with Crippen molar-refractivity contribution in [3.05, 3.63) is 29.3 Å². The first-order chi connectivity index (χ1) is 7.70. The molecule has 0 atom stereocenters.